The largest absolute Gasteiger partial charge is 0.496 e. The SMILES string of the molecule is COc1ccccc1C1CC(N)CN(C(=O)OC(C)(C)C)C1. The van der Waals surface area contributed by atoms with Crippen molar-refractivity contribution >= 4 is 6.09 Å². The number of hydrogen-bond donors (Lipinski definition) is 1. The van der Waals surface area contributed by atoms with E-state index < -0.39 is 5.60 Å². The zero-order chi connectivity index (χ0) is 16.3. The highest BCUT2D eigenvalue weighted by Crippen LogP contribution is 2.33. The molecule has 1 heterocycles. The molecule has 1 aliphatic rings. The molecule has 1 aliphatic heterocycles. The summed E-state index contributed by atoms with van der Waals surface area (Å²) in [5.41, 5.74) is 6.75. The smallest absolute Gasteiger partial charge is 0.410 e. The number of methoxy groups -OCH3 is 1. The van der Waals surface area contributed by atoms with Gasteiger partial charge >= 0.3 is 6.09 Å². The molecule has 0 spiro atoms. The summed E-state index contributed by atoms with van der Waals surface area (Å²) in [6.45, 7) is 6.73. The van der Waals surface area contributed by atoms with Gasteiger partial charge in [0.05, 0.1) is 7.11 Å². The lowest BCUT2D eigenvalue weighted by Crippen LogP contribution is -2.50. The molecule has 122 valence electrons. The maximum atomic E-state index is 12.3. The van der Waals surface area contributed by atoms with Crippen LogP contribution in [0.3, 0.4) is 0 Å². The third kappa shape index (κ3) is 4.13. The highest BCUT2D eigenvalue weighted by atomic mass is 16.6. The number of carbonyl (C=O) groups excluding carboxylic acids is 1. The number of amides is 1. The third-order valence-corrected chi connectivity index (χ3v) is 3.71. The molecule has 5 heteroatoms. The van der Waals surface area contributed by atoms with Crippen LogP contribution in [0.4, 0.5) is 4.79 Å². The summed E-state index contributed by atoms with van der Waals surface area (Å²) in [5.74, 6) is 0.998. The van der Waals surface area contributed by atoms with Crippen LogP contribution in [0.5, 0.6) is 5.75 Å². The monoisotopic (exact) mass is 306 g/mol. The molecule has 2 N–H and O–H groups in total. The van der Waals surface area contributed by atoms with E-state index in [1.165, 1.54) is 0 Å². The summed E-state index contributed by atoms with van der Waals surface area (Å²) >= 11 is 0. The molecular formula is C17H26N2O3. The Morgan fingerprint density at radius 1 is 1.27 bits per heavy atom. The fourth-order valence-corrected chi connectivity index (χ4v) is 2.84. The zero-order valence-corrected chi connectivity index (χ0v) is 13.8. The van der Waals surface area contributed by atoms with Gasteiger partial charge in [0.25, 0.3) is 0 Å². The molecule has 0 bridgehead atoms. The van der Waals surface area contributed by atoms with Gasteiger partial charge in [-0.25, -0.2) is 4.79 Å². The van der Waals surface area contributed by atoms with E-state index in [9.17, 15) is 4.79 Å². The molecule has 0 aliphatic carbocycles. The topological polar surface area (TPSA) is 64.8 Å². The quantitative estimate of drug-likeness (QED) is 0.912. The van der Waals surface area contributed by atoms with Gasteiger partial charge < -0.3 is 20.1 Å². The second kappa shape index (κ2) is 6.57. The number of benzene rings is 1. The lowest BCUT2D eigenvalue weighted by molar-refractivity contribution is 0.0180. The Hall–Kier alpha value is -1.75. The van der Waals surface area contributed by atoms with Crippen LogP contribution in [-0.4, -0.2) is 42.8 Å². The van der Waals surface area contributed by atoms with E-state index in [-0.39, 0.29) is 18.1 Å². The number of ether oxygens (including phenoxy) is 2. The van der Waals surface area contributed by atoms with Crippen molar-refractivity contribution in [2.24, 2.45) is 5.73 Å². The van der Waals surface area contributed by atoms with Crippen molar-refractivity contribution in [1.29, 1.82) is 0 Å². The van der Waals surface area contributed by atoms with E-state index in [1.807, 2.05) is 45.0 Å². The van der Waals surface area contributed by atoms with Gasteiger partial charge in [-0.2, -0.15) is 0 Å². The van der Waals surface area contributed by atoms with Crippen molar-refractivity contribution in [2.45, 2.75) is 44.8 Å². The van der Waals surface area contributed by atoms with Crippen molar-refractivity contribution < 1.29 is 14.3 Å². The van der Waals surface area contributed by atoms with Gasteiger partial charge in [0.2, 0.25) is 0 Å². The maximum Gasteiger partial charge on any atom is 0.410 e. The van der Waals surface area contributed by atoms with Gasteiger partial charge in [0, 0.05) is 25.0 Å². The number of piperidine rings is 1. The van der Waals surface area contributed by atoms with E-state index in [0.717, 1.165) is 17.7 Å². The number of nitrogens with zero attached hydrogens (tertiary/aromatic N) is 1. The van der Waals surface area contributed by atoms with Crippen LogP contribution in [0.1, 0.15) is 38.7 Å². The fourth-order valence-electron chi connectivity index (χ4n) is 2.84. The average molecular weight is 306 g/mol. The number of hydrogen-bond acceptors (Lipinski definition) is 4. The Balaban J connectivity index is 2.16. The van der Waals surface area contributed by atoms with Gasteiger partial charge in [-0.15, -0.1) is 0 Å². The van der Waals surface area contributed by atoms with Gasteiger partial charge in [-0.05, 0) is 38.8 Å². The van der Waals surface area contributed by atoms with Gasteiger partial charge in [-0.3, -0.25) is 0 Å². The second-order valence-electron chi connectivity index (χ2n) is 6.82. The van der Waals surface area contributed by atoms with Crippen molar-refractivity contribution in [1.82, 2.24) is 4.90 Å². The average Bonchev–Trinajstić information content (AvgIpc) is 2.44. The van der Waals surface area contributed by atoms with Gasteiger partial charge in [0.1, 0.15) is 11.4 Å². The Bertz CT molecular complexity index is 525. The molecule has 1 saturated heterocycles. The Morgan fingerprint density at radius 2 is 1.95 bits per heavy atom. The van der Waals surface area contributed by atoms with E-state index in [1.54, 1.807) is 12.0 Å². The summed E-state index contributed by atoms with van der Waals surface area (Å²) in [4.78, 5) is 14.0. The zero-order valence-electron chi connectivity index (χ0n) is 13.8. The first-order valence-electron chi connectivity index (χ1n) is 7.66. The van der Waals surface area contributed by atoms with Crippen LogP contribution in [0.15, 0.2) is 24.3 Å². The van der Waals surface area contributed by atoms with E-state index in [2.05, 4.69) is 0 Å². The molecule has 22 heavy (non-hydrogen) atoms. The number of nitrogens with two attached hydrogens (primary N) is 1. The predicted molar refractivity (Wildman–Crippen MR) is 86.1 cm³/mol. The Labute approximate surface area is 132 Å². The lowest BCUT2D eigenvalue weighted by atomic mass is 9.88. The number of para-hydroxylation sites is 1. The predicted octanol–water partition coefficient (Wildman–Crippen LogP) is 2.75. The minimum Gasteiger partial charge on any atom is -0.496 e. The van der Waals surface area contributed by atoms with Crippen LogP contribution in [0.25, 0.3) is 0 Å². The number of likely N-dealkylation sites (tertiary alicyclic amines) is 1. The van der Waals surface area contributed by atoms with Gasteiger partial charge in [-0.1, -0.05) is 18.2 Å². The van der Waals surface area contributed by atoms with Crippen LogP contribution in [0, 0.1) is 0 Å². The molecule has 1 fully saturated rings. The van der Waals surface area contributed by atoms with Crippen molar-refractivity contribution in [3.63, 3.8) is 0 Å². The summed E-state index contributed by atoms with van der Waals surface area (Å²) in [5, 5.41) is 0. The minimum atomic E-state index is -0.501. The molecule has 1 aromatic carbocycles. The lowest BCUT2D eigenvalue weighted by Gasteiger charge is -2.37. The molecule has 1 aromatic rings. The van der Waals surface area contributed by atoms with Crippen molar-refractivity contribution in [2.75, 3.05) is 20.2 Å². The van der Waals surface area contributed by atoms with Crippen LogP contribution < -0.4 is 10.5 Å². The molecular weight excluding hydrogens is 280 g/mol. The van der Waals surface area contributed by atoms with E-state index in [0.29, 0.717) is 13.1 Å². The molecule has 0 aromatic heterocycles. The summed E-state index contributed by atoms with van der Waals surface area (Å²) in [6.07, 6.45) is 0.530. The van der Waals surface area contributed by atoms with Crippen LogP contribution >= 0.6 is 0 Å². The minimum absolute atomic E-state index is 0.0591. The maximum absolute atomic E-state index is 12.3. The molecule has 0 saturated carbocycles. The summed E-state index contributed by atoms with van der Waals surface area (Å²) in [7, 11) is 1.66. The molecule has 5 nitrogen and oxygen atoms in total. The number of rotatable bonds is 2. The van der Waals surface area contributed by atoms with Crippen LogP contribution in [0.2, 0.25) is 0 Å². The first-order chi connectivity index (χ1) is 10.3. The van der Waals surface area contributed by atoms with Gasteiger partial charge in [0.15, 0.2) is 0 Å². The molecule has 2 rings (SSSR count). The highest BCUT2D eigenvalue weighted by molar-refractivity contribution is 5.68. The summed E-state index contributed by atoms with van der Waals surface area (Å²) < 4.78 is 10.9. The molecule has 2 unspecified atom stereocenters. The molecule has 0 radical (unpaired) electrons. The first kappa shape index (κ1) is 16.6. The Morgan fingerprint density at radius 3 is 2.59 bits per heavy atom. The van der Waals surface area contributed by atoms with E-state index >= 15 is 0 Å². The Kier molecular flexibility index (Phi) is 4.96. The fraction of sp³-hybridized carbons (Fsp3) is 0.588. The summed E-state index contributed by atoms with van der Waals surface area (Å²) in [6, 6.07) is 7.84. The van der Waals surface area contributed by atoms with Crippen molar-refractivity contribution in [3.05, 3.63) is 29.8 Å². The van der Waals surface area contributed by atoms with E-state index in [4.69, 9.17) is 15.2 Å². The highest BCUT2D eigenvalue weighted by Gasteiger charge is 2.32. The van der Waals surface area contributed by atoms with Crippen LogP contribution in [-0.2, 0) is 4.74 Å². The first-order valence-corrected chi connectivity index (χ1v) is 7.66. The standard InChI is InChI=1S/C17H26N2O3/c1-17(2,3)22-16(20)19-10-12(9-13(18)11-19)14-7-5-6-8-15(14)21-4/h5-8,12-13H,9-11,18H2,1-4H3. The molecule has 2 atom stereocenters. The molecule has 1 amide bonds. The second-order valence-corrected chi connectivity index (χ2v) is 6.82. The number of carbonyl (C=O) groups is 1. The third-order valence-electron chi connectivity index (χ3n) is 3.71. The normalized spacial score (nSPS) is 22.3. The van der Waals surface area contributed by atoms with Crippen molar-refractivity contribution in [3.8, 4) is 5.75 Å².